The Balaban J connectivity index is 4.03. The molecule has 0 aliphatic rings. The van der Waals surface area contributed by atoms with Crippen LogP contribution in [0, 0.1) is 9.81 Å². The number of hydrogen-bond acceptors (Lipinski definition) is 8. The van der Waals surface area contributed by atoms with E-state index < -0.39 is 13.4 Å². The van der Waals surface area contributed by atoms with E-state index in [1.807, 2.05) is 0 Å². The second kappa shape index (κ2) is 3.05. The molecule has 0 aromatic carbocycles. The molecule has 0 fully saturated rings. The van der Waals surface area contributed by atoms with Crippen molar-refractivity contribution in [3.63, 3.8) is 0 Å². The zero-order valence-electron chi connectivity index (χ0n) is 3.75. The van der Waals surface area contributed by atoms with Gasteiger partial charge in [0.05, 0.1) is 0 Å². The first kappa shape index (κ1) is 7.92. The van der Waals surface area contributed by atoms with Crippen molar-refractivity contribution in [2.45, 2.75) is 0 Å². The number of rotatable bonds is 4. The predicted molar refractivity (Wildman–Crippen MR) is 20.9 cm³/mol. The zero-order valence-corrected chi connectivity index (χ0v) is 5.47. The third-order valence-electron chi connectivity index (χ3n) is 0.243. The standard InChI is InChI=1S/N2O6Se/c3-1-7-9(5,6)8-2-4. The first-order valence-electron chi connectivity index (χ1n) is 1.40. The average Bonchev–Trinajstić information content (AvgIpc) is 1.64. The molecule has 0 heterocycles. The van der Waals surface area contributed by atoms with E-state index in [-0.39, 0.29) is 0 Å². The van der Waals surface area contributed by atoms with E-state index in [9.17, 15) is 7.67 Å². The molecule has 0 aliphatic heterocycles. The molecule has 0 rings (SSSR count). The van der Waals surface area contributed by atoms with Crippen LogP contribution < -0.4 is 0 Å². The number of hydrogen-bond donors (Lipinski definition) is 0. The molecule has 0 unspecified atom stereocenters. The summed E-state index contributed by atoms with van der Waals surface area (Å²) < 4.78 is 25.9. The zero-order chi connectivity index (χ0) is 7.33. The van der Waals surface area contributed by atoms with Gasteiger partial charge in [0.15, 0.2) is 0 Å². The van der Waals surface area contributed by atoms with Gasteiger partial charge in [-0.05, 0) is 0 Å². The first-order valence-corrected chi connectivity index (χ1v) is 4.19. The Bertz CT molecular complexity index is 173. The van der Waals surface area contributed by atoms with Crippen LogP contribution in [-0.4, -0.2) is 13.4 Å². The van der Waals surface area contributed by atoms with E-state index >= 15 is 0 Å². The van der Waals surface area contributed by atoms with Gasteiger partial charge in [0.2, 0.25) is 0 Å². The van der Waals surface area contributed by atoms with Gasteiger partial charge >= 0.3 is 49.4 Å². The molecule has 9 heteroatoms. The van der Waals surface area contributed by atoms with Crippen molar-refractivity contribution >= 4 is 13.4 Å². The molecular formula is N2O6Se. The van der Waals surface area contributed by atoms with Crippen molar-refractivity contribution in [2.24, 2.45) is 10.7 Å². The minimum atomic E-state index is -5.32. The molecule has 52 valence electrons. The van der Waals surface area contributed by atoms with Crippen LogP contribution in [0.25, 0.3) is 0 Å². The van der Waals surface area contributed by atoms with Gasteiger partial charge in [-0.15, -0.1) is 0 Å². The van der Waals surface area contributed by atoms with Crippen molar-refractivity contribution in [2.75, 3.05) is 0 Å². The predicted octanol–water partition coefficient (Wildman–Crippen LogP) is -0.321. The van der Waals surface area contributed by atoms with Crippen molar-refractivity contribution in [1.29, 1.82) is 0 Å². The monoisotopic (exact) mass is 204 g/mol. The molecule has 9 heavy (non-hydrogen) atoms. The maximum absolute atomic E-state index is 9.87. The van der Waals surface area contributed by atoms with Crippen LogP contribution in [-0.2, 0) is 15.5 Å². The molecule has 8 nitrogen and oxygen atoms in total. The Morgan fingerprint density at radius 2 is 1.33 bits per heavy atom. The summed E-state index contributed by atoms with van der Waals surface area (Å²) in [6.07, 6.45) is 0. The molecular weight excluding hydrogens is 203 g/mol. The van der Waals surface area contributed by atoms with Crippen LogP contribution in [0.3, 0.4) is 0 Å². The summed E-state index contributed by atoms with van der Waals surface area (Å²) in [6, 6.07) is 0. The van der Waals surface area contributed by atoms with Gasteiger partial charge < -0.3 is 0 Å². The third kappa shape index (κ3) is 3.50. The Labute approximate surface area is 50.3 Å². The second-order valence-electron chi connectivity index (χ2n) is 0.706. The summed E-state index contributed by atoms with van der Waals surface area (Å²) >= 11 is -5.32. The average molecular weight is 203 g/mol. The molecule has 0 saturated carbocycles. The van der Waals surface area contributed by atoms with E-state index in [1.165, 1.54) is 10.7 Å². The summed E-state index contributed by atoms with van der Waals surface area (Å²) in [7, 11) is 0. The van der Waals surface area contributed by atoms with Crippen LogP contribution in [0.15, 0.2) is 10.7 Å². The maximum atomic E-state index is 9.87. The van der Waals surface area contributed by atoms with Gasteiger partial charge in [-0.1, -0.05) is 0 Å². The summed E-state index contributed by atoms with van der Waals surface area (Å²) in [5, 5.41) is 2.99. The molecule has 0 aliphatic carbocycles. The summed E-state index contributed by atoms with van der Waals surface area (Å²) in [6.45, 7) is 0. The van der Waals surface area contributed by atoms with Crippen LogP contribution in [0.4, 0.5) is 0 Å². The van der Waals surface area contributed by atoms with Gasteiger partial charge in [0, 0.05) is 0 Å². The fraction of sp³-hybridized carbons (Fsp3) is 0. The Kier molecular flexibility index (Phi) is 2.68. The van der Waals surface area contributed by atoms with Gasteiger partial charge in [-0.2, -0.15) is 0 Å². The molecule has 0 spiro atoms. The van der Waals surface area contributed by atoms with Crippen LogP contribution in [0.1, 0.15) is 0 Å². The van der Waals surface area contributed by atoms with E-state index in [1.54, 1.807) is 0 Å². The fourth-order valence-corrected chi connectivity index (χ4v) is 0.458. The summed E-state index contributed by atoms with van der Waals surface area (Å²) in [5.41, 5.74) is 0. The van der Waals surface area contributed by atoms with Gasteiger partial charge in [-0.25, -0.2) is 0 Å². The molecule has 0 aromatic heterocycles. The van der Waals surface area contributed by atoms with E-state index in [0.29, 0.717) is 0 Å². The topological polar surface area (TPSA) is 111 Å². The molecule has 0 saturated heterocycles. The minimum absolute atomic E-state index is 1.50. The SMILES string of the molecule is O=NO[Se](=O)(=O)ON=O. The number of nitrogens with zero attached hydrogens (tertiary/aromatic N) is 2. The normalized spacial score (nSPS) is 9.78. The van der Waals surface area contributed by atoms with E-state index in [2.05, 4.69) is 7.84 Å². The molecule has 0 amide bonds. The third-order valence-corrected chi connectivity index (χ3v) is 1.26. The first-order chi connectivity index (χ1) is 4.12. The van der Waals surface area contributed by atoms with Crippen molar-refractivity contribution in [3.05, 3.63) is 9.81 Å². The Hall–Kier alpha value is -1.08. The summed E-state index contributed by atoms with van der Waals surface area (Å²) in [4.78, 5) is 18.1. The van der Waals surface area contributed by atoms with Crippen molar-refractivity contribution in [3.8, 4) is 0 Å². The molecule has 0 radical (unpaired) electrons. The molecule has 0 N–H and O–H groups in total. The van der Waals surface area contributed by atoms with Crippen LogP contribution >= 0.6 is 0 Å². The van der Waals surface area contributed by atoms with Gasteiger partial charge in [0.1, 0.15) is 0 Å². The Morgan fingerprint density at radius 3 is 1.56 bits per heavy atom. The Morgan fingerprint density at radius 1 is 1.00 bits per heavy atom. The van der Waals surface area contributed by atoms with Crippen molar-refractivity contribution in [1.82, 2.24) is 0 Å². The van der Waals surface area contributed by atoms with E-state index in [4.69, 9.17) is 9.81 Å². The summed E-state index contributed by atoms with van der Waals surface area (Å²) in [5.74, 6) is 0. The van der Waals surface area contributed by atoms with Crippen LogP contribution in [0.2, 0.25) is 0 Å². The van der Waals surface area contributed by atoms with Crippen LogP contribution in [0.5, 0.6) is 0 Å². The van der Waals surface area contributed by atoms with Gasteiger partial charge in [-0.3, -0.25) is 0 Å². The fourth-order valence-electron chi connectivity index (χ4n) is 0.0881. The quantitative estimate of drug-likeness (QED) is 0.351. The van der Waals surface area contributed by atoms with Crippen molar-refractivity contribution < 1.29 is 15.5 Å². The molecule has 0 atom stereocenters. The molecule has 0 bridgehead atoms. The van der Waals surface area contributed by atoms with Gasteiger partial charge in [0.25, 0.3) is 0 Å². The molecule has 0 aromatic rings. The second-order valence-corrected chi connectivity index (χ2v) is 3.04. The van der Waals surface area contributed by atoms with E-state index in [0.717, 1.165) is 0 Å².